The van der Waals surface area contributed by atoms with Gasteiger partial charge in [-0.3, -0.25) is 0 Å². The average molecular weight is 240 g/mol. The Morgan fingerprint density at radius 1 is 0.933 bits per heavy atom. The Balaban J connectivity index is 0.000000195. The second-order valence-electron chi connectivity index (χ2n) is 4.08. The zero-order chi connectivity index (χ0) is 11.3. The molecule has 0 bridgehead atoms. The van der Waals surface area contributed by atoms with Crippen LogP contribution in [-0.2, 0) is 0 Å². The van der Waals surface area contributed by atoms with E-state index in [2.05, 4.69) is 4.90 Å². The summed E-state index contributed by atoms with van der Waals surface area (Å²) in [7, 11) is -4.69. The summed E-state index contributed by atoms with van der Waals surface area (Å²) >= 11 is 0. The Morgan fingerprint density at radius 3 is 1.67 bits per heavy atom. The summed E-state index contributed by atoms with van der Waals surface area (Å²) in [6.45, 7) is 2.79. The maximum absolute atomic E-state index is 8.60. The standard InChI is InChI=1S/C9H17N.ClHO4/c1-3-7-10-8-4-2-6-9(10)5-1;2-1(3,4)5/h9H,1-8H2;(H,2,3,4,5). The van der Waals surface area contributed by atoms with Crippen LogP contribution in [0.25, 0.3) is 0 Å². The Kier molecular flexibility index (Phi) is 5.25. The lowest BCUT2D eigenvalue weighted by atomic mass is 9.93. The van der Waals surface area contributed by atoms with Crippen LogP contribution >= 0.6 is 0 Å². The van der Waals surface area contributed by atoms with Crippen molar-refractivity contribution in [1.82, 2.24) is 4.90 Å². The third kappa shape index (κ3) is 6.29. The summed E-state index contributed by atoms with van der Waals surface area (Å²) in [5.41, 5.74) is 0. The maximum Gasteiger partial charge on any atom is 0.0777 e. The largest absolute Gasteiger partial charge is 0.300 e. The van der Waals surface area contributed by atoms with Crippen molar-refractivity contribution in [2.75, 3.05) is 13.1 Å². The van der Waals surface area contributed by atoms with E-state index < -0.39 is 10.2 Å². The number of hydrogen-bond acceptors (Lipinski definition) is 5. The van der Waals surface area contributed by atoms with Crippen LogP contribution in [0.15, 0.2) is 0 Å². The zero-order valence-electron chi connectivity index (χ0n) is 8.73. The molecule has 15 heavy (non-hydrogen) atoms. The third-order valence-electron chi connectivity index (χ3n) is 2.98. The zero-order valence-corrected chi connectivity index (χ0v) is 9.49. The molecule has 2 rings (SSSR count). The molecule has 0 radical (unpaired) electrons. The molecule has 5 nitrogen and oxygen atoms in total. The highest BCUT2D eigenvalue weighted by atomic mass is 35.7. The highest BCUT2D eigenvalue weighted by Crippen LogP contribution is 2.25. The number of rotatable bonds is 0. The van der Waals surface area contributed by atoms with E-state index in [0.717, 1.165) is 6.04 Å². The molecule has 0 aromatic heterocycles. The summed E-state index contributed by atoms with van der Waals surface area (Å²) in [5, 5.41) is 0. The quantitative estimate of drug-likeness (QED) is 0.523. The van der Waals surface area contributed by atoms with Gasteiger partial charge < -0.3 is 4.90 Å². The molecule has 0 aromatic rings. The SMILES string of the molecule is C1CCN2CCCCC2C1.[O-][Cl+3]([O-])([O-])O. The molecule has 1 N–H and O–H groups in total. The van der Waals surface area contributed by atoms with Gasteiger partial charge in [-0.2, -0.15) is 14.0 Å². The number of hydrogen-bond donors (Lipinski definition) is 1. The van der Waals surface area contributed by atoms with Crippen LogP contribution in [0.3, 0.4) is 0 Å². The smallest absolute Gasteiger partial charge is 0.0777 e. The van der Waals surface area contributed by atoms with Gasteiger partial charge in [-0.15, -0.1) is 0 Å². The fraction of sp³-hybridized carbons (Fsp3) is 1.00. The van der Waals surface area contributed by atoms with Gasteiger partial charge in [-0.25, -0.2) is 0 Å². The number of halogens is 1. The van der Waals surface area contributed by atoms with Gasteiger partial charge in [-0.05, 0) is 38.8 Å². The maximum atomic E-state index is 8.60. The second-order valence-corrected chi connectivity index (χ2v) is 4.87. The molecule has 6 heteroatoms. The van der Waals surface area contributed by atoms with Gasteiger partial charge in [0.15, 0.2) is 0 Å². The van der Waals surface area contributed by atoms with Crippen molar-refractivity contribution in [2.45, 2.75) is 44.6 Å². The van der Waals surface area contributed by atoms with E-state index >= 15 is 0 Å². The van der Waals surface area contributed by atoms with Crippen LogP contribution in [0.1, 0.15) is 38.5 Å². The molecule has 0 atom stereocenters. The highest BCUT2D eigenvalue weighted by molar-refractivity contribution is 4.80. The number of nitrogens with zero attached hydrogens (tertiary/aromatic N) is 1. The second kappa shape index (κ2) is 5.98. The van der Waals surface area contributed by atoms with E-state index in [1.807, 2.05) is 0 Å². The summed E-state index contributed by atoms with van der Waals surface area (Å²) in [4.78, 5) is 2.70. The van der Waals surface area contributed by atoms with Gasteiger partial charge in [0.2, 0.25) is 0 Å². The van der Waals surface area contributed by atoms with Crippen LogP contribution in [0, 0.1) is 10.2 Å². The molecule has 0 saturated carbocycles. The van der Waals surface area contributed by atoms with Gasteiger partial charge in [0.05, 0.1) is 14.9 Å². The Morgan fingerprint density at radius 2 is 1.33 bits per heavy atom. The van der Waals surface area contributed by atoms with Crippen LogP contribution in [0.5, 0.6) is 0 Å². The van der Waals surface area contributed by atoms with E-state index in [-0.39, 0.29) is 0 Å². The van der Waals surface area contributed by atoms with Crippen LogP contribution in [0.4, 0.5) is 0 Å². The van der Waals surface area contributed by atoms with Crippen molar-refractivity contribution in [3.05, 3.63) is 0 Å². The first-order valence-electron chi connectivity index (χ1n) is 5.34. The van der Waals surface area contributed by atoms with E-state index in [1.54, 1.807) is 0 Å². The fourth-order valence-corrected chi connectivity index (χ4v) is 2.38. The van der Waals surface area contributed by atoms with Crippen molar-refractivity contribution in [1.29, 1.82) is 0 Å². The normalized spacial score (nSPS) is 24.0. The van der Waals surface area contributed by atoms with Gasteiger partial charge in [0.25, 0.3) is 0 Å². The monoisotopic (exact) mass is 239 g/mol. The molecule has 0 unspecified atom stereocenters. The molecule has 2 heterocycles. The topological polar surface area (TPSA) is 92.7 Å². The number of fused-ring (bicyclic) bond motifs is 1. The summed E-state index contributed by atoms with van der Waals surface area (Å²) in [6, 6.07) is 0.988. The van der Waals surface area contributed by atoms with Gasteiger partial charge in [-0.1, -0.05) is 12.8 Å². The summed E-state index contributed by atoms with van der Waals surface area (Å²) in [6.07, 6.45) is 8.86. The Labute approximate surface area is 92.1 Å². The molecule has 0 aromatic carbocycles. The van der Waals surface area contributed by atoms with Crippen molar-refractivity contribution < 1.29 is 28.9 Å². The van der Waals surface area contributed by atoms with E-state index in [4.69, 9.17) is 18.6 Å². The molecule has 0 aliphatic carbocycles. The predicted molar refractivity (Wildman–Crippen MR) is 45.3 cm³/mol. The molecular weight excluding hydrogens is 222 g/mol. The van der Waals surface area contributed by atoms with Crippen molar-refractivity contribution >= 4 is 0 Å². The first kappa shape index (κ1) is 13.2. The lowest BCUT2D eigenvalue weighted by Gasteiger charge is -2.39. The molecule has 2 saturated heterocycles. The highest BCUT2D eigenvalue weighted by Gasteiger charge is 2.24. The minimum atomic E-state index is -4.69. The van der Waals surface area contributed by atoms with E-state index in [9.17, 15) is 0 Å². The minimum Gasteiger partial charge on any atom is -0.300 e. The molecular formula is C9H18ClNO4. The average Bonchev–Trinajstić information content (AvgIpc) is 2.16. The third-order valence-corrected chi connectivity index (χ3v) is 2.98. The molecule has 0 amide bonds. The van der Waals surface area contributed by atoms with Crippen LogP contribution in [-0.4, -0.2) is 28.7 Å². The van der Waals surface area contributed by atoms with E-state index in [0.29, 0.717) is 0 Å². The van der Waals surface area contributed by atoms with Crippen LogP contribution in [0.2, 0.25) is 0 Å². The molecule has 0 spiro atoms. The van der Waals surface area contributed by atoms with Gasteiger partial charge in [0.1, 0.15) is 0 Å². The van der Waals surface area contributed by atoms with Gasteiger partial charge >= 0.3 is 0 Å². The first-order chi connectivity index (χ1) is 6.97. The van der Waals surface area contributed by atoms with E-state index in [1.165, 1.54) is 51.6 Å². The molecule has 2 fully saturated rings. The van der Waals surface area contributed by atoms with Crippen LogP contribution < -0.4 is 14.0 Å². The lowest BCUT2D eigenvalue weighted by Crippen LogP contribution is -2.58. The first-order valence-corrected chi connectivity index (χ1v) is 6.60. The molecule has 2 aliphatic heterocycles. The predicted octanol–water partition coefficient (Wildman–Crippen LogP) is -2.10. The van der Waals surface area contributed by atoms with Crippen molar-refractivity contribution in [3.8, 4) is 0 Å². The summed E-state index contributed by atoms with van der Waals surface area (Å²) < 4.78 is 32.7. The van der Waals surface area contributed by atoms with Crippen molar-refractivity contribution in [3.63, 3.8) is 0 Å². The molecule has 90 valence electrons. The van der Waals surface area contributed by atoms with Gasteiger partial charge in [0, 0.05) is 6.04 Å². The Bertz CT molecular complexity index is 153. The lowest BCUT2D eigenvalue weighted by molar-refractivity contribution is -1.92. The Hall–Kier alpha value is 0.0900. The minimum absolute atomic E-state index is 0.988. The summed E-state index contributed by atoms with van der Waals surface area (Å²) in [5.74, 6) is 0. The number of piperidine rings is 2. The fourth-order valence-electron chi connectivity index (χ4n) is 2.38. The molecule has 2 aliphatic rings. The van der Waals surface area contributed by atoms with Crippen molar-refractivity contribution in [2.24, 2.45) is 0 Å².